The van der Waals surface area contributed by atoms with Crippen molar-refractivity contribution in [2.75, 3.05) is 13.1 Å². The second kappa shape index (κ2) is 3.29. The van der Waals surface area contributed by atoms with Crippen molar-refractivity contribution in [3.05, 3.63) is 35.6 Å². The van der Waals surface area contributed by atoms with E-state index in [1.807, 2.05) is 0 Å². The molecule has 0 radical (unpaired) electrons. The second-order valence-corrected chi connectivity index (χ2v) is 3.49. The molecule has 0 saturated carbocycles. The van der Waals surface area contributed by atoms with Crippen molar-refractivity contribution < 1.29 is 9.18 Å². The maximum Gasteiger partial charge on any atom is 0.314 e. The molecule has 1 saturated heterocycles. The standard InChI is InChI=1S/C10H11FN2O/c11-9-3-1-7(2-4-9)8-5-13(6-8)10(12)14/h1-4,8H,5-6H2,(H2,12,14). The Morgan fingerprint density at radius 1 is 1.36 bits per heavy atom. The fourth-order valence-corrected chi connectivity index (χ4v) is 1.60. The van der Waals surface area contributed by atoms with Gasteiger partial charge in [0.15, 0.2) is 0 Å². The molecule has 0 spiro atoms. The van der Waals surface area contributed by atoms with E-state index in [0.717, 1.165) is 5.56 Å². The van der Waals surface area contributed by atoms with Crippen LogP contribution in [0.3, 0.4) is 0 Å². The fourth-order valence-electron chi connectivity index (χ4n) is 1.60. The van der Waals surface area contributed by atoms with E-state index < -0.39 is 0 Å². The van der Waals surface area contributed by atoms with Gasteiger partial charge in [-0.1, -0.05) is 12.1 Å². The second-order valence-electron chi connectivity index (χ2n) is 3.49. The number of nitrogens with zero attached hydrogens (tertiary/aromatic N) is 1. The quantitative estimate of drug-likeness (QED) is 0.719. The Morgan fingerprint density at radius 3 is 2.43 bits per heavy atom. The third kappa shape index (κ3) is 1.55. The molecule has 1 aromatic rings. The van der Waals surface area contributed by atoms with Crippen LogP contribution in [-0.4, -0.2) is 24.0 Å². The van der Waals surface area contributed by atoms with Crippen molar-refractivity contribution in [1.82, 2.24) is 4.90 Å². The molecule has 0 aromatic heterocycles. The highest BCUT2D eigenvalue weighted by atomic mass is 19.1. The zero-order valence-electron chi connectivity index (χ0n) is 7.61. The van der Waals surface area contributed by atoms with Gasteiger partial charge in [0.2, 0.25) is 0 Å². The molecule has 1 aromatic carbocycles. The number of benzene rings is 1. The SMILES string of the molecule is NC(=O)N1CC(c2ccc(F)cc2)C1. The molecule has 0 unspecified atom stereocenters. The van der Waals surface area contributed by atoms with Crippen molar-refractivity contribution in [2.24, 2.45) is 5.73 Å². The van der Waals surface area contributed by atoms with Crippen LogP contribution in [0.4, 0.5) is 9.18 Å². The van der Waals surface area contributed by atoms with Crippen molar-refractivity contribution in [3.8, 4) is 0 Å². The number of carbonyl (C=O) groups is 1. The molecule has 0 bridgehead atoms. The summed E-state index contributed by atoms with van der Waals surface area (Å²) in [6.07, 6.45) is 0. The van der Waals surface area contributed by atoms with E-state index in [0.29, 0.717) is 19.0 Å². The van der Waals surface area contributed by atoms with Crippen LogP contribution in [-0.2, 0) is 0 Å². The minimum absolute atomic E-state index is 0.236. The summed E-state index contributed by atoms with van der Waals surface area (Å²) in [5.74, 6) is 0.0722. The maximum atomic E-state index is 12.6. The number of primary amides is 1. The minimum atomic E-state index is -0.386. The third-order valence-corrected chi connectivity index (χ3v) is 2.53. The van der Waals surface area contributed by atoms with Crippen molar-refractivity contribution in [2.45, 2.75) is 5.92 Å². The molecule has 3 nitrogen and oxygen atoms in total. The third-order valence-electron chi connectivity index (χ3n) is 2.53. The normalized spacial score (nSPS) is 16.5. The molecule has 2 rings (SSSR count). The summed E-state index contributed by atoms with van der Waals surface area (Å²) in [6, 6.07) is 5.98. The highest BCUT2D eigenvalue weighted by Gasteiger charge is 2.30. The molecule has 0 atom stereocenters. The van der Waals surface area contributed by atoms with Gasteiger partial charge in [0, 0.05) is 19.0 Å². The topological polar surface area (TPSA) is 46.3 Å². The monoisotopic (exact) mass is 194 g/mol. The van der Waals surface area contributed by atoms with E-state index in [-0.39, 0.29) is 11.8 Å². The van der Waals surface area contributed by atoms with Crippen LogP contribution < -0.4 is 5.73 Å². The Hall–Kier alpha value is -1.58. The lowest BCUT2D eigenvalue weighted by molar-refractivity contribution is 0.160. The summed E-state index contributed by atoms with van der Waals surface area (Å²) in [6.45, 7) is 1.28. The Balaban J connectivity index is 2.00. The Kier molecular flexibility index (Phi) is 2.11. The maximum absolute atomic E-state index is 12.6. The molecule has 1 fully saturated rings. The van der Waals surface area contributed by atoms with Crippen LogP contribution in [0.25, 0.3) is 0 Å². The van der Waals surface area contributed by atoms with Crippen molar-refractivity contribution in [1.29, 1.82) is 0 Å². The van der Waals surface area contributed by atoms with Gasteiger partial charge in [0.05, 0.1) is 0 Å². The smallest absolute Gasteiger partial charge is 0.314 e. The molecule has 2 N–H and O–H groups in total. The number of amides is 2. The lowest BCUT2D eigenvalue weighted by Crippen LogP contribution is -2.50. The average molecular weight is 194 g/mol. The summed E-state index contributed by atoms with van der Waals surface area (Å²) in [7, 11) is 0. The highest BCUT2D eigenvalue weighted by molar-refractivity contribution is 5.73. The Labute approximate surface area is 81.3 Å². The van der Waals surface area contributed by atoms with Crippen molar-refractivity contribution >= 4 is 6.03 Å². The number of likely N-dealkylation sites (tertiary alicyclic amines) is 1. The highest BCUT2D eigenvalue weighted by Crippen LogP contribution is 2.26. The van der Waals surface area contributed by atoms with Gasteiger partial charge in [-0.3, -0.25) is 0 Å². The zero-order valence-corrected chi connectivity index (χ0v) is 7.61. The number of nitrogens with two attached hydrogens (primary N) is 1. The molecule has 1 aliphatic heterocycles. The largest absolute Gasteiger partial charge is 0.351 e. The molecule has 0 aliphatic carbocycles. The molecular formula is C10H11FN2O. The summed E-state index contributed by atoms with van der Waals surface area (Å²) in [5, 5.41) is 0. The van der Waals surface area contributed by atoms with Gasteiger partial charge in [-0.05, 0) is 17.7 Å². The van der Waals surface area contributed by atoms with Crippen LogP contribution in [0.2, 0.25) is 0 Å². The first-order valence-electron chi connectivity index (χ1n) is 4.46. The zero-order chi connectivity index (χ0) is 10.1. The van der Waals surface area contributed by atoms with Gasteiger partial charge in [0.25, 0.3) is 0 Å². The first-order chi connectivity index (χ1) is 6.66. The lowest BCUT2D eigenvalue weighted by atomic mass is 9.92. The molecule has 14 heavy (non-hydrogen) atoms. The van der Waals surface area contributed by atoms with E-state index in [1.54, 1.807) is 17.0 Å². The van der Waals surface area contributed by atoms with E-state index in [4.69, 9.17) is 5.73 Å². The summed E-state index contributed by atoms with van der Waals surface area (Å²) < 4.78 is 12.6. The van der Waals surface area contributed by atoms with E-state index >= 15 is 0 Å². The molecule has 4 heteroatoms. The number of hydrogen-bond acceptors (Lipinski definition) is 1. The number of halogens is 1. The Bertz CT molecular complexity index is 344. The number of carbonyl (C=O) groups excluding carboxylic acids is 1. The predicted octanol–water partition coefficient (Wildman–Crippen LogP) is 1.30. The van der Waals surface area contributed by atoms with E-state index in [9.17, 15) is 9.18 Å². The van der Waals surface area contributed by atoms with Crippen LogP contribution in [0.15, 0.2) is 24.3 Å². The molecular weight excluding hydrogens is 183 g/mol. The van der Waals surface area contributed by atoms with Crippen LogP contribution >= 0.6 is 0 Å². The van der Waals surface area contributed by atoms with Gasteiger partial charge < -0.3 is 10.6 Å². The molecule has 2 amide bonds. The number of hydrogen-bond donors (Lipinski definition) is 1. The Morgan fingerprint density at radius 2 is 1.93 bits per heavy atom. The van der Waals surface area contributed by atoms with Crippen LogP contribution in [0.1, 0.15) is 11.5 Å². The van der Waals surface area contributed by atoms with E-state index in [2.05, 4.69) is 0 Å². The first-order valence-corrected chi connectivity index (χ1v) is 4.46. The first kappa shape index (κ1) is 8.99. The van der Waals surface area contributed by atoms with Gasteiger partial charge in [0.1, 0.15) is 5.82 Å². The summed E-state index contributed by atoms with van der Waals surface area (Å²) in [4.78, 5) is 12.3. The van der Waals surface area contributed by atoms with Crippen molar-refractivity contribution in [3.63, 3.8) is 0 Å². The molecule has 1 aliphatic rings. The predicted molar refractivity (Wildman–Crippen MR) is 50.3 cm³/mol. The number of urea groups is 1. The van der Waals surface area contributed by atoms with Gasteiger partial charge in [-0.25, -0.2) is 9.18 Å². The fraction of sp³-hybridized carbons (Fsp3) is 0.300. The lowest BCUT2D eigenvalue weighted by Gasteiger charge is -2.38. The van der Waals surface area contributed by atoms with Gasteiger partial charge >= 0.3 is 6.03 Å². The minimum Gasteiger partial charge on any atom is -0.351 e. The summed E-state index contributed by atoms with van der Waals surface area (Å²) >= 11 is 0. The van der Waals surface area contributed by atoms with Gasteiger partial charge in [-0.15, -0.1) is 0 Å². The molecule has 1 heterocycles. The van der Waals surface area contributed by atoms with Crippen LogP contribution in [0.5, 0.6) is 0 Å². The molecule has 74 valence electrons. The van der Waals surface area contributed by atoms with Gasteiger partial charge in [-0.2, -0.15) is 0 Å². The average Bonchev–Trinajstić information content (AvgIpc) is 2.05. The van der Waals surface area contributed by atoms with Crippen LogP contribution in [0, 0.1) is 5.82 Å². The number of rotatable bonds is 1. The van der Waals surface area contributed by atoms with E-state index in [1.165, 1.54) is 12.1 Å². The summed E-state index contributed by atoms with van der Waals surface area (Å²) in [5.41, 5.74) is 6.15.